The Bertz CT molecular complexity index is 946. The van der Waals surface area contributed by atoms with E-state index in [1.54, 1.807) is 18.0 Å². The molecule has 1 aliphatic carbocycles. The van der Waals surface area contributed by atoms with Gasteiger partial charge in [0.25, 0.3) is 0 Å². The second-order valence-electron chi connectivity index (χ2n) is 6.55. The van der Waals surface area contributed by atoms with Gasteiger partial charge in [-0.2, -0.15) is 13.2 Å². The summed E-state index contributed by atoms with van der Waals surface area (Å²) in [6.45, 7) is 0. The van der Waals surface area contributed by atoms with Gasteiger partial charge in [-0.3, -0.25) is 0 Å². The van der Waals surface area contributed by atoms with Crippen LogP contribution in [0.1, 0.15) is 23.2 Å². The van der Waals surface area contributed by atoms with Gasteiger partial charge in [-0.1, -0.05) is 0 Å². The number of benzene rings is 1. The number of likely N-dealkylation sites (N-methyl/N-ethyl adjacent to an activating group) is 1. The normalized spacial score (nSPS) is 17.3. The average Bonchev–Trinajstić information content (AvgIpc) is 2.97. The first-order chi connectivity index (χ1) is 12.3. The minimum atomic E-state index is -4.45. The van der Waals surface area contributed by atoms with Crippen LogP contribution in [0.5, 0.6) is 0 Å². The molecule has 0 radical (unpaired) electrons. The van der Waals surface area contributed by atoms with Crippen molar-refractivity contribution in [2.24, 2.45) is 0 Å². The number of nitrogens with one attached hydrogen (secondary N) is 1. The molecule has 1 aliphatic rings. The van der Waals surface area contributed by atoms with Crippen molar-refractivity contribution in [2.75, 3.05) is 11.9 Å². The Labute approximate surface area is 146 Å². The third kappa shape index (κ3) is 2.89. The smallest absolute Gasteiger partial charge is 0.358 e. The molecule has 0 saturated carbocycles. The second-order valence-corrected chi connectivity index (χ2v) is 6.55. The number of nitrogens with zero attached hydrogens (tertiary/aromatic N) is 3. The zero-order valence-electron chi connectivity index (χ0n) is 13.9. The van der Waals surface area contributed by atoms with Gasteiger partial charge in [0, 0.05) is 42.1 Å². The number of H-pyrrole nitrogens is 1. The van der Waals surface area contributed by atoms with E-state index in [9.17, 15) is 17.6 Å². The van der Waals surface area contributed by atoms with Crippen molar-refractivity contribution < 1.29 is 17.6 Å². The van der Waals surface area contributed by atoms with E-state index in [0.717, 1.165) is 47.4 Å². The van der Waals surface area contributed by atoms with Crippen LogP contribution in [0.4, 0.5) is 23.5 Å². The molecule has 1 unspecified atom stereocenters. The number of anilines is 1. The van der Waals surface area contributed by atoms with Crippen LogP contribution in [0.2, 0.25) is 0 Å². The molecule has 0 amide bonds. The van der Waals surface area contributed by atoms with Gasteiger partial charge in [-0.25, -0.2) is 14.4 Å². The Balaban J connectivity index is 1.60. The van der Waals surface area contributed by atoms with Crippen LogP contribution in [-0.2, 0) is 19.0 Å². The fourth-order valence-electron chi connectivity index (χ4n) is 3.51. The van der Waals surface area contributed by atoms with E-state index in [1.165, 1.54) is 12.1 Å². The molecule has 2 heterocycles. The second kappa shape index (κ2) is 5.96. The maximum atomic E-state index is 13.6. The van der Waals surface area contributed by atoms with Gasteiger partial charge in [0.1, 0.15) is 5.82 Å². The highest BCUT2D eigenvalue weighted by atomic mass is 19.4. The molecular weight excluding hydrogens is 348 g/mol. The summed E-state index contributed by atoms with van der Waals surface area (Å²) >= 11 is 0. The van der Waals surface area contributed by atoms with Crippen LogP contribution in [0.25, 0.3) is 10.9 Å². The van der Waals surface area contributed by atoms with Gasteiger partial charge in [-0.15, -0.1) is 0 Å². The summed E-state index contributed by atoms with van der Waals surface area (Å²) in [5, 5.41) is 0.853. The molecule has 4 nitrogen and oxygen atoms in total. The number of hydrogen-bond donors (Lipinski definition) is 1. The fraction of sp³-hybridized carbons (Fsp3) is 0.333. The highest BCUT2D eigenvalue weighted by molar-refractivity contribution is 5.85. The lowest BCUT2D eigenvalue weighted by Gasteiger charge is -2.31. The SMILES string of the molecule is CN(c1ncc(C(F)(F)F)cn1)C1CCc2[nH]c3ccc(F)cc3c2C1. The number of aromatic nitrogens is 3. The Kier molecular flexibility index (Phi) is 3.86. The van der Waals surface area contributed by atoms with Gasteiger partial charge < -0.3 is 9.88 Å². The molecule has 0 saturated heterocycles. The van der Waals surface area contributed by atoms with Crippen LogP contribution in [-0.4, -0.2) is 28.0 Å². The molecule has 4 rings (SSSR count). The Morgan fingerprint density at radius 1 is 1.19 bits per heavy atom. The van der Waals surface area contributed by atoms with Crippen molar-refractivity contribution >= 4 is 16.9 Å². The molecule has 1 N–H and O–H groups in total. The first-order valence-corrected chi connectivity index (χ1v) is 8.24. The third-order valence-corrected chi connectivity index (χ3v) is 4.95. The number of hydrogen-bond acceptors (Lipinski definition) is 3. The molecule has 1 aromatic carbocycles. The number of alkyl halides is 3. The molecule has 0 spiro atoms. The minimum Gasteiger partial charge on any atom is -0.358 e. The molecule has 0 bridgehead atoms. The molecule has 0 aliphatic heterocycles. The molecule has 3 aromatic rings. The van der Waals surface area contributed by atoms with Crippen LogP contribution >= 0.6 is 0 Å². The van der Waals surface area contributed by atoms with E-state index >= 15 is 0 Å². The molecule has 1 atom stereocenters. The summed E-state index contributed by atoms with van der Waals surface area (Å²) in [5.74, 6) is -0.0432. The minimum absolute atomic E-state index is 0.0292. The first-order valence-electron chi connectivity index (χ1n) is 8.24. The quantitative estimate of drug-likeness (QED) is 0.696. The van der Waals surface area contributed by atoms with E-state index in [-0.39, 0.29) is 17.8 Å². The zero-order valence-corrected chi connectivity index (χ0v) is 13.9. The van der Waals surface area contributed by atoms with E-state index in [0.29, 0.717) is 6.42 Å². The lowest BCUT2D eigenvalue weighted by Crippen LogP contribution is -2.37. The summed E-state index contributed by atoms with van der Waals surface area (Å²) < 4.78 is 51.6. The Morgan fingerprint density at radius 2 is 1.92 bits per heavy atom. The molecule has 26 heavy (non-hydrogen) atoms. The number of aryl methyl sites for hydroxylation is 1. The van der Waals surface area contributed by atoms with Crippen molar-refractivity contribution in [2.45, 2.75) is 31.5 Å². The molecule has 136 valence electrons. The molecule has 0 fully saturated rings. The Morgan fingerprint density at radius 3 is 2.62 bits per heavy atom. The predicted octanol–water partition coefficient (Wildman–Crippen LogP) is 4.11. The highest BCUT2D eigenvalue weighted by Gasteiger charge is 2.32. The van der Waals surface area contributed by atoms with Crippen LogP contribution in [0.15, 0.2) is 30.6 Å². The predicted molar refractivity (Wildman–Crippen MR) is 89.5 cm³/mol. The van der Waals surface area contributed by atoms with Crippen molar-refractivity contribution in [3.8, 4) is 0 Å². The van der Waals surface area contributed by atoms with Crippen LogP contribution in [0.3, 0.4) is 0 Å². The van der Waals surface area contributed by atoms with Crippen molar-refractivity contribution in [3.63, 3.8) is 0 Å². The summed E-state index contributed by atoms with van der Waals surface area (Å²) in [6, 6.07) is 4.69. The summed E-state index contributed by atoms with van der Waals surface area (Å²) in [5.41, 5.74) is 2.16. The summed E-state index contributed by atoms with van der Waals surface area (Å²) in [7, 11) is 1.77. The van der Waals surface area contributed by atoms with Gasteiger partial charge in [-0.05, 0) is 43.0 Å². The van der Waals surface area contributed by atoms with Crippen molar-refractivity contribution in [1.82, 2.24) is 15.0 Å². The molecular formula is C18H16F4N4. The molecule has 2 aromatic heterocycles. The average molecular weight is 364 g/mol. The number of fused-ring (bicyclic) bond motifs is 3. The lowest BCUT2D eigenvalue weighted by atomic mass is 9.91. The van der Waals surface area contributed by atoms with E-state index in [2.05, 4.69) is 15.0 Å². The van der Waals surface area contributed by atoms with E-state index < -0.39 is 11.7 Å². The molecule has 8 heteroatoms. The Hall–Kier alpha value is -2.64. The van der Waals surface area contributed by atoms with Crippen LogP contribution in [0, 0.1) is 5.82 Å². The van der Waals surface area contributed by atoms with Crippen molar-refractivity contribution in [1.29, 1.82) is 0 Å². The third-order valence-electron chi connectivity index (χ3n) is 4.95. The van der Waals surface area contributed by atoms with Crippen LogP contribution < -0.4 is 4.90 Å². The van der Waals surface area contributed by atoms with Crippen molar-refractivity contribution in [3.05, 3.63) is 53.2 Å². The maximum absolute atomic E-state index is 13.6. The number of rotatable bonds is 2. The largest absolute Gasteiger partial charge is 0.419 e. The fourth-order valence-corrected chi connectivity index (χ4v) is 3.51. The van der Waals surface area contributed by atoms with Gasteiger partial charge in [0.05, 0.1) is 5.56 Å². The van der Waals surface area contributed by atoms with Gasteiger partial charge in [0.2, 0.25) is 5.95 Å². The van der Waals surface area contributed by atoms with E-state index in [4.69, 9.17) is 0 Å². The lowest BCUT2D eigenvalue weighted by molar-refractivity contribution is -0.138. The monoisotopic (exact) mass is 364 g/mol. The summed E-state index contributed by atoms with van der Waals surface area (Å²) in [6.07, 6.45) is -0.614. The standard InChI is InChI=1S/C18H16F4N4/c1-26(17-23-8-10(9-24-17)18(20,21)22)12-3-5-16-14(7-12)13-6-11(19)2-4-15(13)25-16/h2,4,6,8-9,12,25H,3,5,7H2,1H3. The van der Waals surface area contributed by atoms with E-state index in [1.807, 2.05) is 0 Å². The number of aromatic amines is 1. The highest BCUT2D eigenvalue weighted by Crippen LogP contribution is 2.32. The number of halogens is 4. The first kappa shape index (κ1) is 16.8. The zero-order chi connectivity index (χ0) is 18.5. The topological polar surface area (TPSA) is 44.8 Å². The van der Waals surface area contributed by atoms with Gasteiger partial charge >= 0.3 is 6.18 Å². The van der Waals surface area contributed by atoms with Gasteiger partial charge in [0.15, 0.2) is 0 Å². The maximum Gasteiger partial charge on any atom is 0.419 e. The summed E-state index contributed by atoms with van der Waals surface area (Å²) in [4.78, 5) is 12.9.